The third-order valence-electron chi connectivity index (χ3n) is 3.72. The molecule has 1 aliphatic rings. The van der Waals surface area contributed by atoms with E-state index < -0.39 is 10.0 Å². The van der Waals surface area contributed by atoms with E-state index in [9.17, 15) is 8.42 Å². The second-order valence-corrected chi connectivity index (χ2v) is 7.24. The van der Waals surface area contributed by atoms with E-state index >= 15 is 0 Å². The van der Waals surface area contributed by atoms with Gasteiger partial charge in [0.2, 0.25) is 10.0 Å². The van der Waals surface area contributed by atoms with E-state index in [-0.39, 0.29) is 29.3 Å². The van der Waals surface area contributed by atoms with Crippen molar-refractivity contribution in [3.63, 3.8) is 0 Å². The normalized spacial score (nSPS) is 19.0. The summed E-state index contributed by atoms with van der Waals surface area (Å²) in [6.07, 6.45) is 7.03. The molecule has 0 saturated carbocycles. The summed E-state index contributed by atoms with van der Waals surface area (Å²) in [5, 5.41) is 0. The lowest BCUT2D eigenvalue weighted by molar-refractivity contribution is 0.119. The molecule has 1 aliphatic heterocycles. The second kappa shape index (κ2) is 7.10. The van der Waals surface area contributed by atoms with Gasteiger partial charge in [-0.1, -0.05) is 0 Å². The fourth-order valence-electron chi connectivity index (χ4n) is 2.56. The van der Waals surface area contributed by atoms with Gasteiger partial charge in [-0.05, 0) is 25.0 Å². The minimum atomic E-state index is -3.58. The number of piperidine rings is 1. The molecule has 1 atom stereocenters. The Morgan fingerprint density at radius 3 is 2.71 bits per heavy atom. The quantitative estimate of drug-likeness (QED) is 0.797. The van der Waals surface area contributed by atoms with Crippen LogP contribution in [0.5, 0.6) is 11.8 Å². The number of rotatable bonds is 5. The number of aromatic nitrogens is 3. The Bertz CT molecular complexity index is 785. The number of methoxy groups -OCH3 is 1. The summed E-state index contributed by atoms with van der Waals surface area (Å²) in [5.41, 5.74) is 0. The lowest BCUT2D eigenvalue weighted by Crippen LogP contribution is -2.44. The first kappa shape index (κ1) is 16.6. The predicted octanol–water partition coefficient (Wildman–Crippen LogP) is 1.11. The molecule has 24 heavy (non-hydrogen) atoms. The van der Waals surface area contributed by atoms with Gasteiger partial charge in [-0.2, -0.15) is 4.31 Å². The average molecular weight is 350 g/mol. The fourth-order valence-corrected chi connectivity index (χ4v) is 4.03. The van der Waals surface area contributed by atoms with E-state index in [0.29, 0.717) is 13.0 Å². The van der Waals surface area contributed by atoms with Gasteiger partial charge in [0.15, 0.2) is 0 Å². The SMILES string of the molecule is COc1nccnc1OC1CCCN(S(=O)(=O)c2cccnc2)C1. The molecule has 3 rings (SSSR count). The minimum Gasteiger partial charge on any atom is -0.477 e. The maximum Gasteiger partial charge on any atom is 0.278 e. The van der Waals surface area contributed by atoms with Gasteiger partial charge in [-0.3, -0.25) is 4.98 Å². The Labute approximate surface area is 140 Å². The Hall–Kier alpha value is -2.26. The summed E-state index contributed by atoms with van der Waals surface area (Å²) in [6, 6.07) is 3.15. The Balaban J connectivity index is 1.75. The maximum absolute atomic E-state index is 12.7. The number of nitrogens with zero attached hydrogens (tertiary/aromatic N) is 4. The molecule has 8 nitrogen and oxygen atoms in total. The Kier molecular flexibility index (Phi) is 4.91. The highest BCUT2D eigenvalue weighted by molar-refractivity contribution is 7.89. The zero-order valence-corrected chi connectivity index (χ0v) is 14.0. The second-order valence-electron chi connectivity index (χ2n) is 5.30. The summed E-state index contributed by atoms with van der Waals surface area (Å²) in [7, 11) is -2.10. The molecule has 9 heteroatoms. The van der Waals surface area contributed by atoms with Crippen molar-refractivity contribution in [2.24, 2.45) is 0 Å². The van der Waals surface area contributed by atoms with E-state index in [4.69, 9.17) is 9.47 Å². The number of hydrogen-bond acceptors (Lipinski definition) is 7. The lowest BCUT2D eigenvalue weighted by Gasteiger charge is -2.31. The monoisotopic (exact) mass is 350 g/mol. The molecular formula is C15H18N4O4S. The molecule has 2 aromatic rings. The van der Waals surface area contributed by atoms with Gasteiger partial charge in [-0.15, -0.1) is 0 Å². The number of pyridine rings is 1. The molecule has 0 radical (unpaired) electrons. The summed E-state index contributed by atoms with van der Waals surface area (Å²) in [4.78, 5) is 12.2. The highest BCUT2D eigenvalue weighted by atomic mass is 32.2. The predicted molar refractivity (Wildman–Crippen MR) is 85.2 cm³/mol. The van der Waals surface area contributed by atoms with Gasteiger partial charge < -0.3 is 9.47 Å². The minimum absolute atomic E-state index is 0.183. The van der Waals surface area contributed by atoms with E-state index in [1.807, 2.05) is 0 Å². The van der Waals surface area contributed by atoms with E-state index in [2.05, 4.69) is 15.0 Å². The highest BCUT2D eigenvalue weighted by Crippen LogP contribution is 2.26. The first-order chi connectivity index (χ1) is 11.6. The fraction of sp³-hybridized carbons (Fsp3) is 0.400. The van der Waals surface area contributed by atoms with Crippen LogP contribution < -0.4 is 9.47 Å². The topological polar surface area (TPSA) is 94.5 Å². The Morgan fingerprint density at radius 2 is 2.00 bits per heavy atom. The number of hydrogen-bond donors (Lipinski definition) is 0. The molecule has 1 unspecified atom stereocenters. The van der Waals surface area contributed by atoms with Crippen LogP contribution in [0.2, 0.25) is 0 Å². The van der Waals surface area contributed by atoms with Crippen LogP contribution in [0.25, 0.3) is 0 Å². The van der Waals surface area contributed by atoms with Crippen LogP contribution >= 0.6 is 0 Å². The Morgan fingerprint density at radius 1 is 1.21 bits per heavy atom. The molecule has 0 bridgehead atoms. The van der Waals surface area contributed by atoms with E-state index in [1.54, 1.807) is 18.3 Å². The molecule has 3 heterocycles. The van der Waals surface area contributed by atoms with Crippen molar-refractivity contribution in [2.75, 3.05) is 20.2 Å². The number of sulfonamides is 1. The van der Waals surface area contributed by atoms with Crippen LogP contribution in [0.3, 0.4) is 0 Å². The molecule has 0 spiro atoms. The molecule has 0 N–H and O–H groups in total. The molecule has 2 aromatic heterocycles. The zero-order valence-electron chi connectivity index (χ0n) is 13.2. The summed E-state index contributed by atoms with van der Waals surface area (Å²) >= 11 is 0. The van der Waals surface area contributed by atoms with Crippen molar-refractivity contribution < 1.29 is 17.9 Å². The molecule has 128 valence electrons. The van der Waals surface area contributed by atoms with Crippen molar-refractivity contribution in [3.05, 3.63) is 36.9 Å². The van der Waals surface area contributed by atoms with Crippen molar-refractivity contribution in [3.8, 4) is 11.8 Å². The third kappa shape index (κ3) is 3.46. The third-order valence-corrected chi connectivity index (χ3v) is 5.57. The van der Waals surface area contributed by atoms with Crippen LogP contribution in [0.15, 0.2) is 41.8 Å². The van der Waals surface area contributed by atoms with Crippen molar-refractivity contribution in [2.45, 2.75) is 23.8 Å². The summed E-state index contributed by atoms with van der Waals surface area (Å²) < 4.78 is 37.7. The van der Waals surface area contributed by atoms with Crippen LogP contribution in [-0.4, -0.2) is 54.0 Å². The van der Waals surface area contributed by atoms with E-state index in [1.165, 1.54) is 30.0 Å². The largest absolute Gasteiger partial charge is 0.477 e. The molecule has 0 amide bonds. The van der Waals surface area contributed by atoms with Gasteiger partial charge in [-0.25, -0.2) is 18.4 Å². The van der Waals surface area contributed by atoms with Crippen molar-refractivity contribution >= 4 is 10.0 Å². The first-order valence-electron chi connectivity index (χ1n) is 7.53. The smallest absolute Gasteiger partial charge is 0.278 e. The standard InChI is InChI=1S/C15H18N4O4S/c1-22-14-15(18-8-7-17-14)23-12-4-3-9-19(11-12)24(20,21)13-5-2-6-16-10-13/h2,5-8,10,12H,3-4,9,11H2,1H3. The molecular weight excluding hydrogens is 332 g/mol. The highest BCUT2D eigenvalue weighted by Gasteiger charge is 2.32. The van der Waals surface area contributed by atoms with Crippen molar-refractivity contribution in [1.29, 1.82) is 0 Å². The van der Waals surface area contributed by atoms with Gasteiger partial charge >= 0.3 is 0 Å². The number of ether oxygens (including phenoxy) is 2. The lowest BCUT2D eigenvalue weighted by atomic mass is 10.1. The van der Waals surface area contributed by atoms with Gasteiger partial charge in [0.05, 0.1) is 13.7 Å². The van der Waals surface area contributed by atoms with Gasteiger partial charge in [0, 0.05) is 31.3 Å². The zero-order chi connectivity index (χ0) is 17.0. The first-order valence-corrected chi connectivity index (χ1v) is 8.97. The van der Waals surface area contributed by atoms with Gasteiger partial charge in [0.25, 0.3) is 11.8 Å². The van der Waals surface area contributed by atoms with Gasteiger partial charge in [0.1, 0.15) is 11.0 Å². The summed E-state index contributed by atoms with van der Waals surface area (Å²) in [5.74, 6) is 0.551. The summed E-state index contributed by atoms with van der Waals surface area (Å²) in [6.45, 7) is 0.700. The van der Waals surface area contributed by atoms with Crippen LogP contribution in [-0.2, 0) is 10.0 Å². The van der Waals surface area contributed by atoms with Crippen LogP contribution in [0.1, 0.15) is 12.8 Å². The molecule has 1 saturated heterocycles. The molecule has 0 aromatic carbocycles. The van der Waals surface area contributed by atoms with Crippen molar-refractivity contribution in [1.82, 2.24) is 19.3 Å². The van der Waals surface area contributed by atoms with E-state index in [0.717, 1.165) is 6.42 Å². The average Bonchev–Trinajstić information content (AvgIpc) is 2.63. The van der Waals surface area contributed by atoms with Crippen LogP contribution in [0, 0.1) is 0 Å². The molecule has 0 aliphatic carbocycles. The molecule has 1 fully saturated rings. The van der Waals surface area contributed by atoms with Crippen LogP contribution in [0.4, 0.5) is 0 Å². The maximum atomic E-state index is 12.7.